The van der Waals surface area contributed by atoms with Crippen LogP contribution in [-0.2, 0) is 17.9 Å². The first kappa shape index (κ1) is 21.7. The molecule has 0 N–H and O–H groups in total. The van der Waals surface area contributed by atoms with E-state index in [1.807, 2.05) is 41.8 Å². The van der Waals surface area contributed by atoms with Gasteiger partial charge in [-0.3, -0.25) is 19.1 Å². The first-order valence-corrected chi connectivity index (χ1v) is 11.5. The Balaban J connectivity index is 1.48. The molecule has 5 aromatic rings. The van der Waals surface area contributed by atoms with Gasteiger partial charge in [-0.1, -0.05) is 42.5 Å². The van der Waals surface area contributed by atoms with Crippen molar-refractivity contribution in [3.63, 3.8) is 0 Å². The zero-order valence-corrected chi connectivity index (χ0v) is 18.8. The van der Waals surface area contributed by atoms with Crippen LogP contribution in [-0.4, -0.2) is 20.4 Å². The molecule has 0 aliphatic heterocycles. The van der Waals surface area contributed by atoms with Crippen LogP contribution in [0.5, 0.6) is 0 Å². The van der Waals surface area contributed by atoms with Crippen molar-refractivity contribution >= 4 is 33.3 Å². The minimum Gasteiger partial charge on any atom is -0.289 e. The van der Waals surface area contributed by atoms with Gasteiger partial charge < -0.3 is 0 Å². The van der Waals surface area contributed by atoms with Crippen molar-refractivity contribution < 1.29 is 9.18 Å². The number of carbonyl (C=O) groups excluding carboxylic acids is 1. The number of para-hydroxylation sites is 1. The minimum atomic E-state index is -0.325. The lowest BCUT2D eigenvalue weighted by Gasteiger charge is -2.20. The molecule has 0 atom stereocenters. The fourth-order valence-electron chi connectivity index (χ4n) is 3.62. The van der Waals surface area contributed by atoms with E-state index in [-0.39, 0.29) is 23.8 Å². The monoisotopic (exact) mass is 470 g/mol. The molecule has 2 aromatic heterocycles. The minimum absolute atomic E-state index is 0.172. The number of amides is 1. The average molecular weight is 471 g/mol. The van der Waals surface area contributed by atoms with Crippen molar-refractivity contribution in [2.45, 2.75) is 13.1 Å². The van der Waals surface area contributed by atoms with Gasteiger partial charge in [0.15, 0.2) is 5.13 Å². The first-order chi connectivity index (χ1) is 16.6. The number of benzene rings is 3. The smallest absolute Gasteiger partial charge is 0.261 e. The van der Waals surface area contributed by atoms with E-state index in [4.69, 9.17) is 0 Å². The molecule has 5 rings (SSSR count). The van der Waals surface area contributed by atoms with Gasteiger partial charge in [-0.2, -0.15) is 0 Å². The van der Waals surface area contributed by atoms with Crippen molar-refractivity contribution in [1.82, 2.24) is 14.5 Å². The molecule has 0 radical (unpaired) electrons. The molecule has 0 fully saturated rings. The highest BCUT2D eigenvalue weighted by Crippen LogP contribution is 2.29. The van der Waals surface area contributed by atoms with E-state index in [9.17, 15) is 14.0 Å². The maximum absolute atomic E-state index is 13.5. The molecule has 168 valence electrons. The number of thiazole rings is 1. The number of nitrogens with zero attached hydrogens (tertiary/aromatic N) is 4. The fraction of sp³-hybridized carbons (Fsp3) is 0.0769. The van der Waals surface area contributed by atoms with E-state index in [1.54, 1.807) is 35.2 Å². The summed E-state index contributed by atoms with van der Waals surface area (Å²) in [5, 5.41) is 2.78. The third kappa shape index (κ3) is 4.49. The summed E-state index contributed by atoms with van der Waals surface area (Å²) in [5.74, 6) is -0.613. The lowest BCUT2D eigenvalue weighted by molar-refractivity contribution is -0.119. The lowest BCUT2D eigenvalue weighted by atomic mass is 10.2. The van der Waals surface area contributed by atoms with Gasteiger partial charge in [0.1, 0.15) is 12.4 Å². The molecule has 1 amide bonds. The number of carbonyl (C=O) groups is 1. The molecule has 0 unspecified atom stereocenters. The van der Waals surface area contributed by atoms with Gasteiger partial charge in [0.25, 0.3) is 5.56 Å². The maximum Gasteiger partial charge on any atom is 0.261 e. The van der Waals surface area contributed by atoms with E-state index < -0.39 is 0 Å². The lowest BCUT2D eigenvalue weighted by Crippen LogP contribution is -2.36. The number of hydrogen-bond donors (Lipinski definition) is 0. The van der Waals surface area contributed by atoms with Crippen LogP contribution in [0.4, 0.5) is 9.52 Å². The molecular formula is C26H19FN4O2S. The number of anilines is 1. The van der Waals surface area contributed by atoms with Crippen LogP contribution in [0.1, 0.15) is 5.56 Å². The molecule has 0 bridgehead atoms. The van der Waals surface area contributed by atoms with Crippen LogP contribution in [0, 0.1) is 5.82 Å². The van der Waals surface area contributed by atoms with Crippen LogP contribution >= 0.6 is 11.3 Å². The molecule has 34 heavy (non-hydrogen) atoms. The van der Waals surface area contributed by atoms with Gasteiger partial charge in [0.2, 0.25) is 5.91 Å². The Labute approximate surface area is 198 Å². The Bertz CT molecular complexity index is 1510. The Kier molecular flexibility index (Phi) is 5.97. The number of aromatic nitrogens is 3. The quantitative estimate of drug-likeness (QED) is 0.354. The molecule has 8 heteroatoms. The fourth-order valence-corrected chi connectivity index (χ4v) is 4.47. The second kappa shape index (κ2) is 9.36. The molecule has 2 heterocycles. The summed E-state index contributed by atoms with van der Waals surface area (Å²) in [5.41, 5.74) is 2.64. The van der Waals surface area contributed by atoms with Crippen LogP contribution in [0.15, 0.2) is 95.4 Å². The Morgan fingerprint density at radius 3 is 2.50 bits per heavy atom. The van der Waals surface area contributed by atoms with Gasteiger partial charge in [0.05, 0.1) is 29.5 Å². The van der Waals surface area contributed by atoms with Crippen molar-refractivity contribution in [3.8, 4) is 11.3 Å². The zero-order chi connectivity index (χ0) is 23.5. The maximum atomic E-state index is 13.5. The van der Waals surface area contributed by atoms with E-state index in [2.05, 4.69) is 9.97 Å². The number of fused-ring (bicyclic) bond motifs is 1. The molecular weight excluding hydrogens is 451 g/mol. The largest absolute Gasteiger partial charge is 0.289 e. The van der Waals surface area contributed by atoms with E-state index >= 15 is 0 Å². The number of rotatable bonds is 6. The highest BCUT2D eigenvalue weighted by molar-refractivity contribution is 7.14. The van der Waals surface area contributed by atoms with Crippen molar-refractivity contribution in [2.75, 3.05) is 4.90 Å². The highest BCUT2D eigenvalue weighted by Gasteiger charge is 2.21. The van der Waals surface area contributed by atoms with Crippen LogP contribution < -0.4 is 10.5 Å². The summed E-state index contributed by atoms with van der Waals surface area (Å²) >= 11 is 1.32. The zero-order valence-electron chi connectivity index (χ0n) is 18.0. The first-order valence-electron chi connectivity index (χ1n) is 10.6. The van der Waals surface area contributed by atoms with Crippen LogP contribution in [0.25, 0.3) is 22.2 Å². The second-order valence-electron chi connectivity index (χ2n) is 7.68. The van der Waals surface area contributed by atoms with E-state index in [1.165, 1.54) is 34.4 Å². The molecule has 6 nitrogen and oxygen atoms in total. The SMILES string of the molecule is O=C(Cn1cnc2ccccc2c1=O)N(Cc1ccccc1)c1nc(-c2ccc(F)cc2)cs1. The topological polar surface area (TPSA) is 68.1 Å². The molecule has 3 aromatic carbocycles. The molecule has 0 saturated heterocycles. The summed E-state index contributed by atoms with van der Waals surface area (Å²) in [4.78, 5) is 36.9. The number of hydrogen-bond acceptors (Lipinski definition) is 5. The summed E-state index contributed by atoms with van der Waals surface area (Å²) in [6.07, 6.45) is 1.40. The predicted molar refractivity (Wildman–Crippen MR) is 131 cm³/mol. The molecule has 0 spiro atoms. The van der Waals surface area contributed by atoms with Gasteiger partial charge in [-0.15, -0.1) is 11.3 Å². The summed E-state index contributed by atoms with van der Waals surface area (Å²) in [6, 6.07) is 22.7. The van der Waals surface area contributed by atoms with Gasteiger partial charge in [0, 0.05) is 10.9 Å². The van der Waals surface area contributed by atoms with Crippen molar-refractivity contribution in [3.05, 3.63) is 112 Å². The summed E-state index contributed by atoms with van der Waals surface area (Å²) < 4.78 is 14.6. The average Bonchev–Trinajstić information content (AvgIpc) is 3.35. The van der Waals surface area contributed by atoms with Gasteiger partial charge in [-0.05, 0) is 42.0 Å². The van der Waals surface area contributed by atoms with Crippen LogP contribution in [0.3, 0.4) is 0 Å². The third-order valence-electron chi connectivity index (χ3n) is 5.38. The summed E-state index contributed by atoms with van der Waals surface area (Å²) in [6.45, 7) is 0.126. The summed E-state index contributed by atoms with van der Waals surface area (Å²) in [7, 11) is 0. The van der Waals surface area contributed by atoms with Gasteiger partial charge in [-0.25, -0.2) is 14.4 Å². The van der Waals surface area contributed by atoms with Crippen molar-refractivity contribution in [2.24, 2.45) is 0 Å². The molecule has 0 aliphatic rings. The second-order valence-corrected chi connectivity index (χ2v) is 8.52. The number of halogens is 1. The molecule has 0 aliphatic carbocycles. The predicted octanol–water partition coefficient (Wildman–Crippen LogP) is 4.89. The highest BCUT2D eigenvalue weighted by atomic mass is 32.1. The normalized spacial score (nSPS) is 11.0. The van der Waals surface area contributed by atoms with E-state index in [0.717, 1.165) is 11.1 Å². The van der Waals surface area contributed by atoms with Crippen molar-refractivity contribution in [1.29, 1.82) is 0 Å². The van der Waals surface area contributed by atoms with Gasteiger partial charge >= 0.3 is 0 Å². The Hall–Kier alpha value is -4.17. The Morgan fingerprint density at radius 2 is 1.71 bits per heavy atom. The third-order valence-corrected chi connectivity index (χ3v) is 6.25. The Morgan fingerprint density at radius 1 is 0.971 bits per heavy atom. The molecule has 0 saturated carbocycles. The van der Waals surface area contributed by atoms with E-state index in [0.29, 0.717) is 28.3 Å². The standard InChI is InChI=1S/C26H19FN4O2S/c27-20-12-10-19(11-13-20)23-16-34-26(29-23)31(14-18-6-2-1-3-7-18)24(32)15-30-17-28-22-9-5-4-8-21(22)25(30)33/h1-13,16-17H,14-15H2. The van der Waals surface area contributed by atoms with Crippen LogP contribution in [0.2, 0.25) is 0 Å².